The average Bonchev–Trinajstić information content (AvgIpc) is 2.23. The molecule has 0 aliphatic carbocycles. The molecule has 0 aliphatic heterocycles. The SMILES string of the molecule is C#CCCC(=O)CSc1cccc(F)c1. The molecule has 0 radical (unpaired) electrons. The number of rotatable bonds is 5. The Kier molecular flexibility index (Phi) is 4.92. The van der Waals surface area contributed by atoms with Crippen molar-refractivity contribution in [2.45, 2.75) is 17.7 Å². The summed E-state index contributed by atoms with van der Waals surface area (Å²) in [5.41, 5.74) is 0. The van der Waals surface area contributed by atoms with Gasteiger partial charge >= 0.3 is 0 Å². The molecule has 1 aromatic carbocycles. The highest BCUT2D eigenvalue weighted by molar-refractivity contribution is 8.00. The third kappa shape index (κ3) is 4.66. The van der Waals surface area contributed by atoms with E-state index in [0.29, 0.717) is 18.6 Å². The molecule has 0 saturated carbocycles. The molecular formula is C12H11FOS. The van der Waals surface area contributed by atoms with Crippen molar-refractivity contribution >= 4 is 17.5 Å². The summed E-state index contributed by atoms with van der Waals surface area (Å²) < 4.78 is 12.8. The van der Waals surface area contributed by atoms with Gasteiger partial charge in [0.15, 0.2) is 0 Å². The number of halogens is 1. The van der Waals surface area contributed by atoms with Gasteiger partial charge in [0.25, 0.3) is 0 Å². The Bertz CT molecular complexity index is 381. The third-order valence-corrected chi connectivity index (χ3v) is 2.80. The van der Waals surface area contributed by atoms with Gasteiger partial charge in [0.1, 0.15) is 11.6 Å². The highest BCUT2D eigenvalue weighted by atomic mass is 32.2. The van der Waals surface area contributed by atoms with Gasteiger partial charge in [0.2, 0.25) is 0 Å². The number of hydrogen-bond donors (Lipinski definition) is 0. The highest BCUT2D eigenvalue weighted by Crippen LogP contribution is 2.18. The van der Waals surface area contributed by atoms with Crippen LogP contribution >= 0.6 is 11.8 Å². The molecule has 0 bridgehead atoms. The molecule has 0 unspecified atom stereocenters. The predicted molar refractivity (Wildman–Crippen MR) is 60.2 cm³/mol. The molecule has 0 spiro atoms. The smallest absolute Gasteiger partial charge is 0.144 e. The van der Waals surface area contributed by atoms with Crippen molar-refractivity contribution in [2.24, 2.45) is 0 Å². The van der Waals surface area contributed by atoms with E-state index in [9.17, 15) is 9.18 Å². The lowest BCUT2D eigenvalue weighted by molar-refractivity contribution is -0.116. The van der Waals surface area contributed by atoms with Gasteiger partial charge in [0.05, 0.1) is 5.75 Å². The van der Waals surface area contributed by atoms with Crippen LogP contribution in [-0.4, -0.2) is 11.5 Å². The molecule has 0 aromatic heterocycles. The Labute approximate surface area is 93.1 Å². The number of carbonyl (C=O) groups is 1. The van der Waals surface area contributed by atoms with Crippen molar-refractivity contribution in [1.82, 2.24) is 0 Å². The zero-order valence-electron chi connectivity index (χ0n) is 8.20. The lowest BCUT2D eigenvalue weighted by Crippen LogP contribution is -2.00. The van der Waals surface area contributed by atoms with Crippen LogP contribution in [0.1, 0.15) is 12.8 Å². The van der Waals surface area contributed by atoms with E-state index in [2.05, 4.69) is 5.92 Å². The fourth-order valence-electron chi connectivity index (χ4n) is 1.00. The van der Waals surface area contributed by atoms with Crippen LogP contribution in [0.3, 0.4) is 0 Å². The summed E-state index contributed by atoms with van der Waals surface area (Å²) in [7, 11) is 0. The Morgan fingerprint density at radius 3 is 3.00 bits per heavy atom. The fourth-order valence-corrected chi connectivity index (χ4v) is 1.85. The van der Waals surface area contributed by atoms with Gasteiger partial charge in [-0.15, -0.1) is 24.1 Å². The molecule has 0 aliphatic rings. The summed E-state index contributed by atoms with van der Waals surface area (Å²) in [6.07, 6.45) is 5.92. The Morgan fingerprint density at radius 1 is 1.53 bits per heavy atom. The Hall–Kier alpha value is -1.27. The molecule has 1 nitrogen and oxygen atoms in total. The van der Waals surface area contributed by atoms with Crippen LogP contribution in [0.5, 0.6) is 0 Å². The van der Waals surface area contributed by atoms with E-state index in [4.69, 9.17) is 6.42 Å². The standard InChI is InChI=1S/C12H11FOS/c1-2-3-6-11(14)9-15-12-7-4-5-10(13)8-12/h1,4-5,7-8H,3,6,9H2. The molecule has 1 rings (SSSR count). The van der Waals surface area contributed by atoms with Crippen LogP contribution in [0.15, 0.2) is 29.2 Å². The first-order valence-corrected chi connectivity index (χ1v) is 5.54. The number of terminal acetylenes is 1. The van der Waals surface area contributed by atoms with E-state index in [0.717, 1.165) is 4.90 Å². The van der Waals surface area contributed by atoms with Crippen molar-refractivity contribution < 1.29 is 9.18 Å². The van der Waals surface area contributed by atoms with E-state index in [1.165, 1.54) is 23.9 Å². The molecule has 0 amide bonds. The molecule has 0 N–H and O–H groups in total. The summed E-state index contributed by atoms with van der Waals surface area (Å²) in [6, 6.07) is 6.20. The minimum Gasteiger partial charge on any atom is -0.299 e. The number of hydrogen-bond acceptors (Lipinski definition) is 2. The molecule has 0 fully saturated rings. The van der Waals surface area contributed by atoms with Crippen molar-refractivity contribution in [1.29, 1.82) is 0 Å². The molecule has 0 saturated heterocycles. The zero-order valence-corrected chi connectivity index (χ0v) is 9.02. The highest BCUT2D eigenvalue weighted by Gasteiger charge is 2.02. The minimum atomic E-state index is -0.281. The quantitative estimate of drug-likeness (QED) is 0.563. The first-order valence-electron chi connectivity index (χ1n) is 4.56. The van der Waals surface area contributed by atoms with Gasteiger partial charge in [-0.05, 0) is 18.2 Å². The summed E-state index contributed by atoms with van der Waals surface area (Å²) in [5, 5.41) is 0. The first kappa shape index (κ1) is 11.8. The van der Waals surface area contributed by atoms with Gasteiger partial charge in [-0.25, -0.2) is 4.39 Å². The summed E-state index contributed by atoms with van der Waals surface area (Å²) in [4.78, 5) is 12.0. The summed E-state index contributed by atoms with van der Waals surface area (Å²) in [6.45, 7) is 0. The van der Waals surface area contributed by atoms with Gasteiger partial charge in [-0.1, -0.05) is 6.07 Å². The second-order valence-corrected chi connectivity index (χ2v) is 4.04. The first-order chi connectivity index (χ1) is 7.22. The maximum Gasteiger partial charge on any atom is 0.144 e. The van der Waals surface area contributed by atoms with Crippen LogP contribution in [0.4, 0.5) is 4.39 Å². The van der Waals surface area contributed by atoms with E-state index < -0.39 is 0 Å². The minimum absolute atomic E-state index is 0.0993. The van der Waals surface area contributed by atoms with Crippen molar-refractivity contribution in [3.8, 4) is 12.3 Å². The maximum atomic E-state index is 12.8. The lowest BCUT2D eigenvalue weighted by atomic mass is 10.2. The Balaban J connectivity index is 2.37. The molecule has 0 atom stereocenters. The lowest BCUT2D eigenvalue weighted by Gasteiger charge is -2.00. The topological polar surface area (TPSA) is 17.1 Å². The molecule has 1 aromatic rings. The molecular weight excluding hydrogens is 211 g/mol. The van der Waals surface area contributed by atoms with Crippen molar-refractivity contribution in [3.63, 3.8) is 0 Å². The number of ketones is 1. The van der Waals surface area contributed by atoms with Crippen LogP contribution in [0.25, 0.3) is 0 Å². The largest absolute Gasteiger partial charge is 0.299 e. The van der Waals surface area contributed by atoms with Gasteiger partial charge in [-0.3, -0.25) is 4.79 Å². The normalized spacial score (nSPS) is 9.60. The fraction of sp³-hybridized carbons (Fsp3) is 0.250. The van der Waals surface area contributed by atoms with Crippen LogP contribution in [0, 0.1) is 18.2 Å². The number of carbonyl (C=O) groups excluding carboxylic acids is 1. The van der Waals surface area contributed by atoms with E-state index in [-0.39, 0.29) is 11.6 Å². The number of Topliss-reactive ketones (excluding diaryl/α,β-unsaturated/α-hetero) is 1. The summed E-state index contributed by atoms with van der Waals surface area (Å²) >= 11 is 1.33. The van der Waals surface area contributed by atoms with Crippen molar-refractivity contribution in [2.75, 3.05) is 5.75 Å². The van der Waals surface area contributed by atoms with Gasteiger partial charge < -0.3 is 0 Å². The second-order valence-electron chi connectivity index (χ2n) is 2.99. The molecule has 3 heteroatoms. The second kappa shape index (κ2) is 6.26. The molecule has 15 heavy (non-hydrogen) atoms. The van der Waals surface area contributed by atoms with E-state index >= 15 is 0 Å². The van der Waals surface area contributed by atoms with Gasteiger partial charge in [0, 0.05) is 17.7 Å². The third-order valence-electron chi connectivity index (χ3n) is 1.74. The average molecular weight is 222 g/mol. The van der Waals surface area contributed by atoms with Crippen molar-refractivity contribution in [3.05, 3.63) is 30.1 Å². The Morgan fingerprint density at radius 2 is 2.33 bits per heavy atom. The monoisotopic (exact) mass is 222 g/mol. The van der Waals surface area contributed by atoms with Crippen LogP contribution in [-0.2, 0) is 4.79 Å². The zero-order chi connectivity index (χ0) is 11.1. The van der Waals surface area contributed by atoms with E-state index in [1.54, 1.807) is 12.1 Å². The predicted octanol–water partition coefficient (Wildman–Crippen LogP) is 2.90. The number of benzene rings is 1. The van der Waals surface area contributed by atoms with Crippen LogP contribution < -0.4 is 0 Å². The van der Waals surface area contributed by atoms with Gasteiger partial charge in [-0.2, -0.15) is 0 Å². The molecule has 78 valence electrons. The van der Waals surface area contributed by atoms with E-state index in [1.807, 2.05) is 0 Å². The summed E-state index contributed by atoms with van der Waals surface area (Å²) in [5.74, 6) is 2.59. The maximum absolute atomic E-state index is 12.8. The number of thioether (sulfide) groups is 1. The van der Waals surface area contributed by atoms with Crippen LogP contribution in [0.2, 0.25) is 0 Å². The molecule has 0 heterocycles.